The molecule has 1 aromatic heterocycles. The van der Waals surface area contributed by atoms with Crippen molar-refractivity contribution in [2.45, 2.75) is 18.9 Å². The SMILES string of the molecule is O=C(N[C@@H](CN1CCCC1=O)c1ccccc1)c1ccc(Cl)s1. The van der Waals surface area contributed by atoms with Crippen LogP contribution in [0.15, 0.2) is 42.5 Å². The van der Waals surface area contributed by atoms with Crippen molar-refractivity contribution in [1.29, 1.82) is 0 Å². The Hall–Kier alpha value is -1.85. The highest BCUT2D eigenvalue weighted by Crippen LogP contribution is 2.23. The number of hydrogen-bond donors (Lipinski definition) is 1. The van der Waals surface area contributed by atoms with Gasteiger partial charge in [0.25, 0.3) is 5.91 Å². The van der Waals surface area contributed by atoms with Crippen molar-refractivity contribution in [3.8, 4) is 0 Å². The Balaban J connectivity index is 1.77. The first-order valence-corrected chi connectivity index (χ1v) is 8.72. The summed E-state index contributed by atoms with van der Waals surface area (Å²) in [5.74, 6) is -0.0123. The minimum atomic E-state index is -0.230. The summed E-state index contributed by atoms with van der Waals surface area (Å²) >= 11 is 7.15. The van der Waals surface area contributed by atoms with Crippen molar-refractivity contribution in [3.05, 3.63) is 57.2 Å². The van der Waals surface area contributed by atoms with E-state index in [1.165, 1.54) is 11.3 Å². The van der Waals surface area contributed by atoms with E-state index in [-0.39, 0.29) is 17.9 Å². The van der Waals surface area contributed by atoms with Crippen molar-refractivity contribution in [2.24, 2.45) is 0 Å². The highest BCUT2D eigenvalue weighted by Gasteiger charge is 2.25. The van der Waals surface area contributed by atoms with E-state index in [9.17, 15) is 9.59 Å². The molecule has 0 spiro atoms. The maximum atomic E-state index is 12.4. The maximum absolute atomic E-state index is 12.4. The van der Waals surface area contributed by atoms with Crippen molar-refractivity contribution >= 4 is 34.8 Å². The summed E-state index contributed by atoms with van der Waals surface area (Å²) in [6.07, 6.45) is 1.48. The largest absolute Gasteiger partial charge is 0.343 e. The van der Waals surface area contributed by atoms with Gasteiger partial charge in [-0.05, 0) is 24.1 Å². The molecular formula is C17H17ClN2O2S. The number of amides is 2. The van der Waals surface area contributed by atoms with Crippen LogP contribution in [-0.4, -0.2) is 29.8 Å². The summed E-state index contributed by atoms with van der Waals surface area (Å²) in [5.41, 5.74) is 0.989. The Labute approximate surface area is 144 Å². The fourth-order valence-electron chi connectivity index (χ4n) is 2.70. The number of likely N-dealkylation sites (tertiary alicyclic amines) is 1. The number of halogens is 1. The van der Waals surface area contributed by atoms with Gasteiger partial charge in [-0.25, -0.2) is 0 Å². The first kappa shape index (κ1) is 16.0. The Morgan fingerprint density at radius 1 is 1.26 bits per heavy atom. The highest BCUT2D eigenvalue weighted by atomic mass is 35.5. The van der Waals surface area contributed by atoms with E-state index in [2.05, 4.69) is 5.32 Å². The minimum absolute atomic E-state index is 0.152. The monoisotopic (exact) mass is 348 g/mol. The lowest BCUT2D eigenvalue weighted by Crippen LogP contribution is -2.38. The molecule has 23 heavy (non-hydrogen) atoms. The van der Waals surface area contributed by atoms with E-state index in [1.807, 2.05) is 35.2 Å². The number of thiophene rings is 1. The molecule has 1 atom stereocenters. The van der Waals surface area contributed by atoms with Crippen molar-refractivity contribution in [2.75, 3.05) is 13.1 Å². The van der Waals surface area contributed by atoms with Crippen LogP contribution in [0.25, 0.3) is 0 Å². The van der Waals surface area contributed by atoms with Crippen LogP contribution in [0.5, 0.6) is 0 Å². The molecule has 2 aromatic rings. The second kappa shape index (κ2) is 7.15. The topological polar surface area (TPSA) is 49.4 Å². The lowest BCUT2D eigenvalue weighted by atomic mass is 10.1. The van der Waals surface area contributed by atoms with E-state index >= 15 is 0 Å². The van der Waals surface area contributed by atoms with E-state index in [1.54, 1.807) is 12.1 Å². The third kappa shape index (κ3) is 3.92. The van der Waals surface area contributed by atoms with Gasteiger partial charge in [0.15, 0.2) is 0 Å². The lowest BCUT2D eigenvalue weighted by molar-refractivity contribution is -0.128. The van der Waals surface area contributed by atoms with Gasteiger partial charge >= 0.3 is 0 Å². The summed E-state index contributed by atoms with van der Waals surface area (Å²) in [4.78, 5) is 26.7. The maximum Gasteiger partial charge on any atom is 0.261 e. The van der Waals surface area contributed by atoms with Crippen LogP contribution in [0.3, 0.4) is 0 Å². The molecule has 2 heterocycles. The predicted molar refractivity (Wildman–Crippen MR) is 91.8 cm³/mol. The number of carbonyl (C=O) groups excluding carboxylic acids is 2. The van der Waals surface area contributed by atoms with Gasteiger partial charge in [0.2, 0.25) is 5.91 Å². The molecule has 1 saturated heterocycles. The molecule has 0 unspecified atom stereocenters. The molecule has 1 aromatic carbocycles. The third-order valence-corrected chi connectivity index (χ3v) is 5.11. The number of carbonyl (C=O) groups is 2. The van der Waals surface area contributed by atoms with Gasteiger partial charge in [-0.1, -0.05) is 41.9 Å². The number of hydrogen-bond acceptors (Lipinski definition) is 3. The van der Waals surface area contributed by atoms with Crippen LogP contribution in [0.4, 0.5) is 0 Å². The smallest absolute Gasteiger partial charge is 0.261 e. The zero-order valence-corrected chi connectivity index (χ0v) is 14.1. The van der Waals surface area contributed by atoms with Crippen molar-refractivity contribution < 1.29 is 9.59 Å². The Morgan fingerprint density at radius 2 is 2.04 bits per heavy atom. The highest BCUT2D eigenvalue weighted by molar-refractivity contribution is 7.18. The quantitative estimate of drug-likeness (QED) is 0.899. The van der Waals surface area contributed by atoms with Gasteiger partial charge in [0, 0.05) is 19.5 Å². The summed E-state index contributed by atoms with van der Waals surface area (Å²) in [6.45, 7) is 1.25. The van der Waals surface area contributed by atoms with Gasteiger partial charge in [0.05, 0.1) is 15.3 Å². The third-order valence-electron chi connectivity index (χ3n) is 3.88. The fourth-order valence-corrected chi connectivity index (χ4v) is 3.65. The van der Waals surface area contributed by atoms with Crippen LogP contribution in [0, 0.1) is 0 Å². The standard InChI is InChI=1S/C17H17ClN2O2S/c18-15-9-8-14(23-15)17(22)19-13(12-5-2-1-3-6-12)11-20-10-4-7-16(20)21/h1-3,5-6,8-9,13H,4,7,10-11H2,(H,19,22)/t13-/m0/s1. The molecule has 0 aliphatic carbocycles. The molecule has 0 bridgehead atoms. The normalized spacial score (nSPS) is 15.7. The molecule has 1 fully saturated rings. The first-order valence-electron chi connectivity index (χ1n) is 7.52. The Kier molecular flexibility index (Phi) is 4.98. The molecule has 1 aliphatic heterocycles. The zero-order valence-electron chi connectivity index (χ0n) is 12.5. The molecule has 4 nitrogen and oxygen atoms in total. The Bertz CT molecular complexity index is 702. The number of rotatable bonds is 5. The summed E-state index contributed by atoms with van der Waals surface area (Å²) in [7, 11) is 0. The van der Waals surface area contributed by atoms with Crippen molar-refractivity contribution in [1.82, 2.24) is 10.2 Å². The zero-order chi connectivity index (χ0) is 16.2. The summed E-state index contributed by atoms with van der Waals surface area (Å²) in [5, 5.41) is 3.03. The van der Waals surface area contributed by atoms with Crippen LogP contribution in [0.2, 0.25) is 4.34 Å². The second-order valence-corrected chi connectivity index (χ2v) is 7.20. The van der Waals surface area contributed by atoms with Crippen LogP contribution in [-0.2, 0) is 4.79 Å². The molecular weight excluding hydrogens is 332 g/mol. The van der Waals surface area contributed by atoms with E-state index < -0.39 is 0 Å². The molecule has 6 heteroatoms. The van der Waals surface area contributed by atoms with E-state index in [4.69, 9.17) is 11.6 Å². The van der Waals surface area contributed by atoms with Crippen LogP contribution < -0.4 is 5.32 Å². The number of benzene rings is 1. The molecule has 0 saturated carbocycles. The molecule has 3 rings (SSSR count). The lowest BCUT2D eigenvalue weighted by Gasteiger charge is -2.25. The summed E-state index contributed by atoms with van der Waals surface area (Å²) in [6, 6.07) is 12.9. The number of nitrogens with zero attached hydrogens (tertiary/aromatic N) is 1. The molecule has 1 N–H and O–H groups in total. The molecule has 1 aliphatic rings. The average Bonchev–Trinajstić information content (AvgIpc) is 3.16. The van der Waals surface area contributed by atoms with E-state index in [0.29, 0.717) is 22.2 Å². The molecule has 0 radical (unpaired) electrons. The van der Waals surface area contributed by atoms with Gasteiger partial charge in [-0.3, -0.25) is 9.59 Å². The van der Waals surface area contributed by atoms with Crippen LogP contribution in [0.1, 0.15) is 34.1 Å². The predicted octanol–water partition coefficient (Wildman–Crippen LogP) is 3.50. The second-order valence-electron chi connectivity index (χ2n) is 5.48. The van der Waals surface area contributed by atoms with E-state index in [0.717, 1.165) is 18.5 Å². The molecule has 120 valence electrons. The van der Waals surface area contributed by atoms with Gasteiger partial charge in [-0.2, -0.15) is 0 Å². The van der Waals surface area contributed by atoms with Gasteiger partial charge < -0.3 is 10.2 Å². The van der Waals surface area contributed by atoms with Gasteiger partial charge in [0.1, 0.15) is 0 Å². The van der Waals surface area contributed by atoms with Crippen LogP contribution >= 0.6 is 22.9 Å². The van der Waals surface area contributed by atoms with Crippen molar-refractivity contribution in [3.63, 3.8) is 0 Å². The number of nitrogens with one attached hydrogen (secondary N) is 1. The fraction of sp³-hybridized carbons (Fsp3) is 0.294. The molecule has 2 amide bonds. The first-order chi connectivity index (χ1) is 11.1. The average molecular weight is 349 g/mol. The Morgan fingerprint density at radius 3 is 2.65 bits per heavy atom. The summed E-state index contributed by atoms with van der Waals surface area (Å²) < 4.78 is 0.584. The van der Waals surface area contributed by atoms with Gasteiger partial charge in [-0.15, -0.1) is 11.3 Å². The minimum Gasteiger partial charge on any atom is -0.343 e.